The number of ether oxygens (including phenoxy) is 1. The van der Waals surface area contributed by atoms with Crippen LogP contribution in [0.3, 0.4) is 0 Å². The van der Waals surface area contributed by atoms with Gasteiger partial charge in [0.25, 0.3) is 11.8 Å². The van der Waals surface area contributed by atoms with E-state index in [1.54, 1.807) is 60.1 Å². The van der Waals surface area contributed by atoms with Gasteiger partial charge in [0.05, 0.1) is 12.2 Å². The summed E-state index contributed by atoms with van der Waals surface area (Å²) in [6.07, 6.45) is 2.98. The van der Waals surface area contributed by atoms with E-state index in [1.807, 2.05) is 24.6 Å². The second kappa shape index (κ2) is 15.4. The van der Waals surface area contributed by atoms with E-state index in [0.29, 0.717) is 88.4 Å². The number of carbonyl (C=O) groups excluding carboxylic acids is 4. The number of carbonyl (C=O) groups is 4. The van der Waals surface area contributed by atoms with Gasteiger partial charge in [-0.15, -0.1) is 0 Å². The Morgan fingerprint density at radius 2 is 1.76 bits per heavy atom. The number of aromatic nitrogens is 2. The topological polar surface area (TPSA) is 108 Å². The summed E-state index contributed by atoms with van der Waals surface area (Å²) in [5.74, 6) is -0.192. The highest BCUT2D eigenvalue weighted by Gasteiger charge is 2.31. The summed E-state index contributed by atoms with van der Waals surface area (Å²) in [6, 6.07) is 8.15. The maximum atomic E-state index is 13.7. The predicted octanol–water partition coefficient (Wildman–Crippen LogP) is 3.07. The van der Waals surface area contributed by atoms with Crippen molar-refractivity contribution in [1.29, 1.82) is 0 Å². The summed E-state index contributed by atoms with van der Waals surface area (Å²) in [4.78, 5) is 59.1. The fourth-order valence-corrected chi connectivity index (χ4v) is 5.13. The molecule has 0 aliphatic carbocycles. The molecule has 0 fully saturated rings. The van der Waals surface area contributed by atoms with E-state index in [0.717, 1.165) is 5.69 Å². The van der Waals surface area contributed by atoms with E-state index in [2.05, 4.69) is 5.10 Å². The molecule has 11 nitrogen and oxygen atoms in total. The number of para-hydroxylation sites is 1. The van der Waals surface area contributed by atoms with Crippen LogP contribution in [0.1, 0.15) is 72.5 Å². The molecule has 0 unspecified atom stereocenters. The van der Waals surface area contributed by atoms with E-state index in [4.69, 9.17) is 4.74 Å². The van der Waals surface area contributed by atoms with Crippen molar-refractivity contribution in [1.82, 2.24) is 29.4 Å². The molecule has 0 spiro atoms. The maximum Gasteiger partial charge on any atom is 0.274 e. The van der Waals surface area contributed by atoms with Crippen molar-refractivity contribution in [3.8, 4) is 5.75 Å². The molecule has 4 amide bonds. The van der Waals surface area contributed by atoms with Gasteiger partial charge in [-0.25, -0.2) is 0 Å². The minimum absolute atomic E-state index is 0.0479. The lowest BCUT2D eigenvalue weighted by Gasteiger charge is -2.32. The molecule has 42 heavy (non-hydrogen) atoms. The van der Waals surface area contributed by atoms with Crippen LogP contribution in [0.15, 0.2) is 30.3 Å². The number of likely N-dealkylation sites (N-methyl/N-ethyl adjacent to an activating group) is 2. The SMILES string of the molecule is CCn1nc(C(=O)N2CCCCN(C)C(=O)[C@H](CCCN(C)C(C)=O)N(C)C(=O)c3ccccc3OCCC2)cc1C. The lowest BCUT2D eigenvalue weighted by Crippen LogP contribution is -2.49. The Kier molecular flexibility index (Phi) is 11.9. The first-order valence-electron chi connectivity index (χ1n) is 14.8. The molecule has 0 N–H and O–H groups in total. The van der Waals surface area contributed by atoms with Crippen molar-refractivity contribution in [2.24, 2.45) is 0 Å². The van der Waals surface area contributed by atoms with Crippen LogP contribution < -0.4 is 4.74 Å². The van der Waals surface area contributed by atoms with Crippen molar-refractivity contribution in [2.75, 3.05) is 53.9 Å². The zero-order valence-electron chi connectivity index (χ0n) is 26.0. The summed E-state index contributed by atoms with van der Waals surface area (Å²) in [6.45, 7) is 8.45. The average molecular weight is 583 g/mol. The molecule has 2 heterocycles. The largest absolute Gasteiger partial charge is 0.493 e. The number of benzene rings is 1. The second-order valence-electron chi connectivity index (χ2n) is 11.0. The Balaban J connectivity index is 1.84. The van der Waals surface area contributed by atoms with Gasteiger partial charge >= 0.3 is 0 Å². The number of fused-ring (bicyclic) bond motifs is 1. The highest BCUT2D eigenvalue weighted by Crippen LogP contribution is 2.23. The number of amides is 4. The van der Waals surface area contributed by atoms with Gasteiger partial charge < -0.3 is 24.3 Å². The first-order valence-corrected chi connectivity index (χ1v) is 14.8. The molecule has 0 saturated heterocycles. The van der Waals surface area contributed by atoms with Gasteiger partial charge in [-0.05, 0) is 64.2 Å². The lowest BCUT2D eigenvalue weighted by molar-refractivity contribution is -0.134. The Bertz CT molecular complexity index is 1240. The first kappa shape index (κ1) is 32.6. The summed E-state index contributed by atoms with van der Waals surface area (Å²) in [7, 11) is 5.12. The molecule has 0 saturated carbocycles. The maximum absolute atomic E-state index is 13.7. The van der Waals surface area contributed by atoms with E-state index >= 15 is 0 Å². The molecule has 1 aliphatic rings. The molecule has 230 valence electrons. The van der Waals surface area contributed by atoms with Gasteiger partial charge in [0.2, 0.25) is 11.8 Å². The van der Waals surface area contributed by atoms with Crippen LogP contribution in [0.25, 0.3) is 0 Å². The summed E-state index contributed by atoms with van der Waals surface area (Å²) in [5, 5.41) is 4.48. The van der Waals surface area contributed by atoms with Crippen LogP contribution in [-0.4, -0.2) is 113 Å². The molecule has 2 aromatic rings. The second-order valence-corrected chi connectivity index (χ2v) is 11.0. The molecule has 0 radical (unpaired) electrons. The normalized spacial score (nSPS) is 17.6. The third kappa shape index (κ3) is 8.33. The number of hydrogen-bond acceptors (Lipinski definition) is 6. The molecule has 11 heteroatoms. The van der Waals surface area contributed by atoms with E-state index in [1.165, 1.54) is 11.8 Å². The quantitative estimate of drug-likeness (QED) is 0.518. The van der Waals surface area contributed by atoms with Crippen LogP contribution in [0.5, 0.6) is 5.75 Å². The minimum Gasteiger partial charge on any atom is -0.493 e. The average Bonchev–Trinajstić information content (AvgIpc) is 3.36. The summed E-state index contributed by atoms with van der Waals surface area (Å²) >= 11 is 0. The van der Waals surface area contributed by atoms with Crippen molar-refractivity contribution in [3.63, 3.8) is 0 Å². The van der Waals surface area contributed by atoms with Crippen LogP contribution in [0, 0.1) is 6.92 Å². The first-order chi connectivity index (χ1) is 20.0. The molecule has 1 aliphatic heterocycles. The van der Waals surface area contributed by atoms with E-state index < -0.39 is 6.04 Å². The minimum atomic E-state index is -0.696. The highest BCUT2D eigenvalue weighted by molar-refractivity contribution is 5.99. The number of nitrogens with zero attached hydrogens (tertiary/aromatic N) is 6. The van der Waals surface area contributed by atoms with Gasteiger partial charge in [0.1, 0.15) is 11.8 Å². The van der Waals surface area contributed by atoms with Crippen molar-refractivity contribution >= 4 is 23.6 Å². The summed E-state index contributed by atoms with van der Waals surface area (Å²) in [5.41, 5.74) is 1.74. The van der Waals surface area contributed by atoms with Gasteiger partial charge in [0, 0.05) is 66.5 Å². The highest BCUT2D eigenvalue weighted by atomic mass is 16.5. The zero-order chi connectivity index (χ0) is 30.8. The van der Waals surface area contributed by atoms with E-state index in [-0.39, 0.29) is 23.6 Å². The molecular weight excluding hydrogens is 536 g/mol. The standard InChI is InChI=1S/C31H46N6O5/c1-7-37-23(2)22-26(32-37)30(40)36-19-11-10-17-34(5)31(41)27(15-12-18-33(4)24(3)38)35(6)29(39)25-14-8-9-16-28(25)42-21-13-20-36/h8-9,14,16,22,27H,7,10-13,15,17-21H2,1-6H3/t27-/m0/s1. The van der Waals surface area contributed by atoms with Crippen LogP contribution in [-0.2, 0) is 16.1 Å². The third-order valence-electron chi connectivity index (χ3n) is 7.86. The number of hydrogen-bond donors (Lipinski definition) is 0. The Labute approximate surface area is 249 Å². The molecule has 3 rings (SSSR count). The van der Waals surface area contributed by atoms with Crippen molar-refractivity contribution < 1.29 is 23.9 Å². The molecule has 0 bridgehead atoms. The smallest absolute Gasteiger partial charge is 0.274 e. The van der Waals surface area contributed by atoms with Gasteiger partial charge in [-0.1, -0.05) is 12.1 Å². The van der Waals surface area contributed by atoms with Gasteiger partial charge in [-0.2, -0.15) is 5.10 Å². The molecule has 1 aromatic carbocycles. The monoisotopic (exact) mass is 582 g/mol. The molecule has 1 atom stereocenters. The van der Waals surface area contributed by atoms with Crippen LogP contribution >= 0.6 is 0 Å². The van der Waals surface area contributed by atoms with Gasteiger partial charge in [0.15, 0.2) is 5.69 Å². The zero-order valence-corrected chi connectivity index (χ0v) is 26.0. The molecule has 1 aromatic heterocycles. The lowest BCUT2D eigenvalue weighted by atomic mass is 10.1. The summed E-state index contributed by atoms with van der Waals surface area (Å²) < 4.78 is 7.87. The third-order valence-corrected chi connectivity index (χ3v) is 7.86. The number of rotatable bonds is 6. The van der Waals surface area contributed by atoms with Crippen LogP contribution in [0.4, 0.5) is 0 Å². The van der Waals surface area contributed by atoms with Crippen molar-refractivity contribution in [2.45, 2.75) is 65.5 Å². The van der Waals surface area contributed by atoms with E-state index in [9.17, 15) is 19.2 Å². The van der Waals surface area contributed by atoms with Crippen LogP contribution in [0.2, 0.25) is 0 Å². The number of aryl methyl sites for hydroxylation is 2. The van der Waals surface area contributed by atoms with Gasteiger partial charge in [-0.3, -0.25) is 23.9 Å². The van der Waals surface area contributed by atoms with Crippen molar-refractivity contribution in [3.05, 3.63) is 47.3 Å². The Morgan fingerprint density at radius 3 is 2.45 bits per heavy atom. The Hall–Kier alpha value is -3.89. The Morgan fingerprint density at radius 1 is 1.07 bits per heavy atom. The fourth-order valence-electron chi connectivity index (χ4n) is 5.13. The fraction of sp³-hybridized carbons (Fsp3) is 0.581. The molecular formula is C31H46N6O5. The predicted molar refractivity (Wildman–Crippen MR) is 160 cm³/mol.